The van der Waals surface area contributed by atoms with Crippen LogP contribution in [0.4, 0.5) is 0 Å². The average Bonchev–Trinajstić information content (AvgIpc) is 3.10. The van der Waals surface area contributed by atoms with Gasteiger partial charge in [0.1, 0.15) is 9.96 Å². The number of benzene rings is 1. The summed E-state index contributed by atoms with van der Waals surface area (Å²) in [6, 6.07) is 8.06. The number of amides is 1. The zero-order chi connectivity index (χ0) is 18.0. The highest BCUT2D eigenvalue weighted by Gasteiger charge is 2.28. The first-order chi connectivity index (χ1) is 11.9. The summed E-state index contributed by atoms with van der Waals surface area (Å²) >= 11 is 1.18. The van der Waals surface area contributed by atoms with Crippen molar-refractivity contribution in [1.82, 2.24) is 9.62 Å². The lowest BCUT2D eigenvalue weighted by molar-refractivity contribution is 0.0708. The Kier molecular flexibility index (Phi) is 5.12. The molecule has 1 aliphatic heterocycles. The summed E-state index contributed by atoms with van der Waals surface area (Å²) < 4.78 is 27.5. The zero-order valence-electron chi connectivity index (χ0n) is 13.8. The minimum atomic E-state index is -3.49. The van der Waals surface area contributed by atoms with Crippen LogP contribution < -0.4 is 4.72 Å². The van der Waals surface area contributed by atoms with E-state index in [1.165, 1.54) is 11.3 Å². The molecule has 25 heavy (non-hydrogen) atoms. The minimum absolute atomic E-state index is 0.0227. The van der Waals surface area contributed by atoms with Gasteiger partial charge in [-0.3, -0.25) is 4.79 Å². The van der Waals surface area contributed by atoms with Gasteiger partial charge in [0.25, 0.3) is 5.91 Å². The first kappa shape index (κ1) is 17.9. The SMILES string of the molecule is Cc1ccc(C(=O)N2CCC(NS(=O)(=O)c3cccs3)CC2)c(O)c1. The standard InChI is InChI=1S/C17H20N2O4S2/c1-12-4-5-14(15(20)11-12)17(21)19-8-6-13(7-9-19)18-25(22,23)16-3-2-10-24-16/h2-5,10-11,13,18,20H,6-9H2,1H3. The van der Waals surface area contributed by atoms with Crippen molar-refractivity contribution in [2.24, 2.45) is 0 Å². The van der Waals surface area contributed by atoms with E-state index in [0.717, 1.165) is 5.56 Å². The fraction of sp³-hybridized carbons (Fsp3) is 0.353. The van der Waals surface area contributed by atoms with Crippen LogP contribution in [0.1, 0.15) is 28.8 Å². The van der Waals surface area contributed by atoms with Crippen LogP contribution in [0, 0.1) is 6.92 Å². The predicted molar refractivity (Wildman–Crippen MR) is 96.4 cm³/mol. The number of phenols is 1. The molecule has 1 aliphatic rings. The maximum absolute atomic E-state index is 12.5. The lowest BCUT2D eigenvalue weighted by atomic mass is 10.0. The molecule has 1 amide bonds. The quantitative estimate of drug-likeness (QED) is 0.852. The molecule has 8 heteroatoms. The second kappa shape index (κ2) is 7.15. The zero-order valence-corrected chi connectivity index (χ0v) is 15.4. The van der Waals surface area contributed by atoms with Crippen LogP contribution in [0.2, 0.25) is 0 Å². The van der Waals surface area contributed by atoms with Crippen LogP contribution in [-0.4, -0.2) is 43.5 Å². The molecule has 0 bridgehead atoms. The van der Waals surface area contributed by atoms with Crippen LogP contribution >= 0.6 is 11.3 Å². The van der Waals surface area contributed by atoms with Gasteiger partial charge < -0.3 is 10.0 Å². The highest BCUT2D eigenvalue weighted by atomic mass is 32.2. The highest BCUT2D eigenvalue weighted by molar-refractivity contribution is 7.91. The maximum atomic E-state index is 12.5. The molecule has 6 nitrogen and oxygen atoms in total. The van der Waals surface area contributed by atoms with Crippen molar-refractivity contribution in [3.8, 4) is 5.75 Å². The van der Waals surface area contributed by atoms with Crippen molar-refractivity contribution in [3.05, 3.63) is 46.8 Å². The van der Waals surface area contributed by atoms with Crippen molar-refractivity contribution in [2.45, 2.75) is 30.0 Å². The normalized spacial score (nSPS) is 16.1. The Bertz CT molecular complexity index is 855. The molecule has 0 aliphatic carbocycles. The molecular weight excluding hydrogens is 360 g/mol. The van der Waals surface area contributed by atoms with E-state index in [9.17, 15) is 18.3 Å². The number of carbonyl (C=O) groups excluding carboxylic acids is 1. The average molecular weight is 380 g/mol. The summed E-state index contributed by atoms with van der Waals surface area (Å²) in [5.74, 6) is -0.248. The van der Waals surface area contributed by atoms with E-state index in [-0.39, 0.29) is 23.3 Å². The van der Waals surface area contributed by atoms with Gasteiger partial charge in [-0.2, -0.15) is 0 Å². The molecule has 2 N–H and O–H groups in total. The van der Waals surface area contributed by atoms with Gasteiger partial charge in [-0.1, -0.05) is 12.1 Å². The number of nitrogens with zero attached hydrogens (tertiary/aromatic N) is 1. The van der Waals surface area contributed by atoms with Crippen LogP contribution in [0.15, 0.2) is 39.9 Å². The summed E-state index contributed by atoms with van der Waals surface area (Å²) in [6.45, 7) is 2.74. The number of carbonyl (C=O) groups is 1. The molecule has 0 saturated carbocycles. The third-order valence-corrected chi connectivity index (χ3v) is 7.17. The molecule has 0 spiro atoms. The number of aromatic hydroxyl groups is 1. The number of nitrogens with one attached hydrogen (secondary N) is 1. The first-order valence-electron chi connectivity index (χ1n) is 8.01. The van der Waals surface area contributed by atoms with Crippen molar-refractivity contribution in [3.63, 3.8) is 0 Å². The fourth-order valence-electron chi connectivity index (χ4n) is 2.89. The molecule has 1 aromatic heterocycles. The van der Waals surface area contributed by atoms with E-state index in [1.807, 2.05) is 6.92 Å². The minimum Gasteiger partial charge on any atom is -0.507 e. The van der Waals surface area contributed by atoms with Crippen molar-refractivity contribution >= 4 is 27.3 Å². The van der Waals surface area contributed by atoms with Crippen LogP contribution in [0.25, 0.3) is 0 Å². The third kappa shape index (κ3) is 4.02. The number of hydrogen-bond acceptors (Lipinski definition) is 5. The Morgan fingerprint density at radius 1 is 1.28 bits per heavy atom. The van der Waals surface area contributed by atoms with Gasteiger partial charge in [0.15, 0.2) is 0 Å². The molecule has 0 radical (unpaired) electrons. The van der Waals surface area contributed by atoms with E-state index in [1.54, 1.807) is 40.6 Å². The van der Waals surface area contributed by atoms with E-state index in [2.05, 4.69) is 4.72 Å². The highest BCUT2D eigenvalue weighted by Crippen LogP contribution is 2.23. The van der Waals surface area contributed by atoms with Gasteiger partial charge in [0, 0.05) is 19.1 Å². The molecular formula is C17H20N2O4S2. The number of thiophene rings is 1. The summed E-state index contributed by atoms with van der Waals surface area (Å²) in [6.07, 6.45) is 1.09. The Labute approximate surface area is 151 Å². The van der Waals surface area contributed by atoms with Crippen molar-refractivity contribution < 1.29 is 18.3 Å². The fourth-order valence-corrected chi connectivity index (χ4v) is 5.20. The summed E-state index contributed by atoms with van der Waals surface area (Å²) in [4.78, 5) is 14.2. The lowest BCUT2D eigenvalue weighted by Gasteiger charge is -2.32. The maximum Gasteiger partial charge on any atom is 0.257 e. The first-order valence-corrected chi connectivity index (χ1v) is 10.4. The molecule has 1 saturated heterocycles. The lowest BCUT2D eigenvalue weighted by Crippen LogP contribution is -2.46. The summed E-state index contributed by atoms with van der Waals surface area (Å²) in [5.41, 5.74) is 1.17. The topological polar surface area (TPSA) is 86.7 Å². The number of hydrogen-bond donors (Lipinski definition) is 2. The van der Waals surface area contributed by atoms with Crippen LogP contribution in [0.3, 0.4) is 0 Å². The molecule has 1 aromatic carbocycles. The summed E-state index contributed by atoms with van der Waals surface area (Å²) in [7, 11) is -3.49. The van der Waals surface area contributed by atoms with Gasteiger partial charge >= 0.3 is 0 Å². The van der Waals surface area contributed by atoms with E-state index >= 15 is 0 Å². The molecule has 3 rings (SSSR count). The number of piperidine rings is 1. The van der Waals surface area contributed by atoms with E-state index in [4.69, 9.17) is 0 Å². The summed E-state index contributed by atoms with van der Waals surface area (Å²) in [5, 5.41) is 11.7. The van der Waals surface area contributed by atoms with Crippen LogP contribution in [-0.2, 0) is 10.0 Å². The van der Waals surface area contributed by atoms with Gasteiger partial charge in [0.2, 0.25) is 10.0 Å². The van der Waals surface area contributed by atoms with Crippen molar-refractivity contribution in [2.75, 3.05) is 13.1 Å². The van der Waals surface area contributed by atoms with Gasteiger partial charge in [-0.05, 0) is 48.9 Å². The number of sulfonamides is 1. The van der Waals surface area contributed by atoms with E-state index < -0.39 is 10.0 Å². The molecule has 2 aromatic rings. The molecule has 2 heterocycles. The van der Waals surface area contributed by atoms with Crippen molar-refractivity contribution in [1.29, 1.82) is 0 Å². The number of aryl methyl sites for hydroxylation is 1. The molecule has 0 unspecified atom stereocenters. The molecule has 1 fully saturated rings. The second-order valence-corrected chi connectivity index (χ2v) is 9.03. The predicted octanol–water partition coefficient (Wildman–Crippen LogP) is 2.35. The Morgan fingerprint density at radius 3 is 2.60 bits per heavy atom. The van der Waals surface area contributed by atoms with Gasteiger partial charge in [-0.15, -0.1) is 11.3 Å². The van der Waals surface area contributed by atoms with E-state index in [0.29, 0.717) is 30.1 Å². The number of rotatable bonds is 4. The smallest absolute Gasteiger partial charge is 0.257 e. The Balaban J connectivity index is 1.61. The van der Waals surface area contributed by atoms with Gasteiger partial charge in [0.05, 0.1) is 5.56 Å². The largest absolute Gasteiger partial charge is 0.507 e. The number of likely N-dealkylation sites (tertiary alicyclic amines) is 1. The Hall–Kier alpha value is -1.90. The molecule has 0 atom stereocenters. The third-order valence-electron chi connectivity index (χ3n) is 4.25. The van der Waals surface area contributed by atoms with Gasteiger partial charge in [-0.25, -0.2) is 13.1 Å². The number of phenolic OH excluding ortho intramolecular Hbond substituents is 1. The molecule has 134 valence electrons. The monoisotopic (exact) mass is 380 g/mol. The second-order valence-electron chi connectivity index (χ2n) is 6.14. The van der Waals surface area contributed by atoms with Crippen LogP contribution in [0.5, 0.6) is 5.75 Å². The Morgan fingerprint density at radius 2 is 2.00 bits per heavy atom.